The summed E-state index contributed by atoms with van der Waals surface area (Å²) in [6.45, 7) is 0. The van der Waals surface area contributed by atoms with Crippen molar-refractivity contribution in [3.05, 3.63) is 60.2 Å². The van der Waals surface area contributed by atoms with Gasteiger partial charge in [-0.2, -0.15) is 0 Å². The summed E-state index contributed by atoms with van der Waals surface area (Å²) in [6, 6.07) is 12.6. The van der Waals surface area contributed by atoms with Crippen LogP contribution in [-0.2, 0) is 4.79 Å². The molecule has 0 atom stereocenters. The molecule has 0 unspecified atom stereocenters. The number of nitrogens with one attached hydrogen (secondary N) is 1. The predicted octanol–water partition coefficient (Wildman–Crippen LogP) is 3.70. The molecule has 1 amide bonds. The molecule has 19 heavy (non-hydrogen) atoms. The lowest BCUT2D eigenvalue weighted by Crippen LogP contribution is -2.13. The third kappa shape index (κ3) is 4.06. The fourth-order valence-corrected chi connectivity index (χ4v) is 2.16. The lowest BCUT2D eigenvalue weighted by Gasteiger charge is -2.05. The zero-order chi connectivity index (χ0) is 13.7. The first-order valence-electron chi connectivity index (χ1n) is 5.58. The second kappa shape index (κ2) is 6.33. The van der Waals surface area contributed by atoms with E-state index in [1.54, 1.807) is 12.1 Å². The number of thioether (sulfide) groups is 1. The topological polar surface area (TPSA) is 29.1 Å². The maximum atomic E-state index is 13.0. The van der Waals surface area contributed by atoms with Gasteiger partial charge in [-0.15, -0.1) is 11.8 Å². The monoisotopic (exact) mass is 279 g/mol. The van der Waals surface area contributed by atoms with E-state index in [-0.39, 0.29) is 11.7 Å². The largest absolute Gasteiger partial charge is 0.325 e. The molecule has 2 nitrogen and oxygen atoms in total. The van der Waals surface area contributed by atoms with Gasteiger partial charge in [-0.1, -0.05) is 18.2 Å². The van der Waals surface area contributed by atoms with Crippen molar-refractivity contribution in [2.24, 2.45) is 0 Å². The number of hydrogen-bond acceptors (Lipinski definition) is 2. The van der Waals surface area contributed by atoms with Crippen LogP contribution in [0.3, 0.4) is 0 Å². The fraction of sp³-hybridized carbons (Fsp3) is 0.0714. The molecule has 0 spiro atoms. The summed E-state index contributed by atoms with van der Waals surface area (Å²) >= 11 is 1.15. The molecule has 2 aromatic rings. The molecule has 98 valence electrons. The molecule has 2 rings (SSSR count). The molecular formula is C14H11F2NOS. The van der Waals surface area contributed by atoms with Gasteiger partial charge in [-0.3, -0.25) is 4.79 Å². The van der Waals surface area contributed by atoms with Crippen molar-refractivity contribution >= 4 is 23.4 Å². The molecule has 0 aromatic heterocycles. The van der Waals surface area contributed by atoms with Crippen LogP contribution in [0.5, 0.6) is 0 Å². The Bertz CT molecular complexity index is 575. The van der Waals surface area contributed by atoms with Crippen LogP contribution in [0.4, 0.5) is 14.5 Å². The Labute approximate surface area is 113 Å². The van der Waals surface area contributed by atoms with Gasteiger partial charge in [0.25, 0.3) is 0 Å². The van der Waals surface area contributed by atoms with Crippen molar-refractivity contribution in [3.8, 4) is 0 Å². The van der Waals surface area contributed by atoms with Crippen LogP contribution in [0.1, 0.15) is 0 Å². The first kappa shape index (κ1) is 13.5. The highest BCUT2D eigenvalue weighted by Crippen LogP contribution is 2.20. The van der Waals surface area contributed by atoms with Crippen LogP contribution in [0.2, 0.25) is 0 Å². The van der Waals surface area contributed by atoms with E-state index in [9.17, 15) is 13.6 Å². The van der Waals surface area contributed by atoms with E-state index in [1.165, 1.54) is 6.07 Å². The van der Waals surface area contributed by atoms with Crippen LogP contribution < -0.4 is 5.32 Å². The van der Waals surface area contributed by atoms with Crippen molar-refractivity contribution in [3.63, 3.8) is 0 Å². The minimum Gasteiger partial charge on any atom is -0.325 e. The SMILES string of the molecule is O=C(CSc1ccc(F)c(F)c1)Nc1ccccc1. The first-order chi connectivity index (χ1) is 9.15. The number of hydrogen-bond donors (Lipinski definition) is 1. The van der Waals surface area contributed by atoms with Crippen LogP contribution >= 0.6 is 11.8 Å². The van der Waals surface area contributed by atoms with E-state index in [4.69, 9.17) is 0 Å². The van der Waals surface area contributed by atoms with Crippen molar-refractivity contribution < 1.29 is 13.6 Å². The molecule has 0 fully saturated rings. The quantitative estimate of drug-likeness (QED) is 0.865. The molecule has 0 heterocycles. The predicted molar refractivity (Wildman–Crippen MR) is 72.2 cm³/mol. The average molecular weight is 279 g/mol. The number of carbonyl (C=O) groups excluding carboxylic acids is 1. The van der Waals surface area contributed by atoms with Gasteiger partial charge in [0.2, 0.25) is 5.91 Å². The number of amides is 1. The summed E-state index contributed by atoms with van der Waals surface area (Å²) < 4.78 is 25.7. The van der Waals surface area contributed by atoms with Gasteiger partial charge in [0, 0.05) is 10.6 Å². The number of anilines is 1. The van der Waals surface area contributed by atoms with Crippen molar-refractivity contribution in [2.45, 2.75) is 4.90 Å². The van der Waals surface area contributed by atoms with Crippen LogP contribution in [0.15, 0.2) is 53.4 Å². The van der Waals surface area contributed by atoms with Crippen LogP contribution in [0.25, 0.3) is 0 Å². The van der Waals surface area contributed by atoms with E-state index in [2.05, 4.69) is 5.32 Å². The summed E-state index contributed by atoms with van der Waals surface area (Å²) in [6.07, 6.45) is 0. The standard InChI is InChI=1S/C14H11F2NOS/c15-12-7-6-11(8-13(12)16)19-9-14(18)17-10-4-2-1-3-5-10/h1-8H,9H2,(H,17,18). The molecule has 0 radical (unpaired) electrons. The van der Waals surface area contributed by atoms with Gasteiger partial charge in [0.05, 0.1) is 5.75 Å². The molecule has 5 heteroatoms. The third-order valence-corrected chi connectivity index (χ3v) is 3.31. The zero-order valence-electron chi connectivity index (χ0n) is 9.90. The van der Waals surface area contributed by atoms with Gasteiger partial charge in [-0.05, 0) is 30.3 Å². The van der Waals surface area contributed by atoms with E-state index in [1.807, 2.05) is 18.2 Å². The van der Waals surface area contributed by atoms with E-state index >= 15 is 0 Å². The van der Waals surface area contributed by atoms with Crippen LogP contribution in [0, 0.1) is 11.6 Å². The Kier molecular flexibility index (Phi) is 4.52. The van der Waals surface area contributed by atoms with Crippen LogP contribution in [-0.4, -0.2) is 11.7 Å². The molecule has 0 aliphatic carbocycles. The smallest absolute Gasteiger partial charge is 0.234 e. The maximum absolute atomic E-state index is 13.0. The molecular weight excluding hydrogens is 268 g/mol. The minimum absolute atomic E-state index is 0.139. The van der Waals surface area contributed by atoms with Gasteiger partial charge in [-0.25, -0.2) is 8.78 Å². The van der Waals surface area contributed by atoms with Gasteiger partial charge >= 0.3 is 0 Å². The number of para-hydroxylation sites is 1. The molecule has 2 aromatic carbocycles. The molecule has 0 aliphatic heterocycles. The van der Waals surface area contributed by atoms with E-state index < -0.39 is 11.6 Å². The highest BCUT2D eigenvalue weighted by atomic mass is 32.2. The molecule has 0 bridgehead atoms. The average Bonchev–Trinajstić information content (AvgIpc) is 2.41. The minimum atomic E-state index is -0.909. The number of benzene rings is 2. The number of carbonyl (C=O) groups is 1. The lowest BCUT2D eigenvalue weighted by molar-refractivity contribution is -0.113. The summed E-state index contributed by atoms with van der Waals surface area (Å²) in [4.78, 5) is 12.2. The van der Waals surface area contributed by atoms with Gasteiger partial charge < -0.3 is 5.32 Å². The summed E-state index contributed by atoms with van der Waals surface area (Å²) in [5, 5.41) is 2.71. The van der Waals surface area contributed by atoms with Crippen molar-refractivity contribution in [1.29, 1.82) is 0 Å². The van der Waals surface area contributed by atoms with Gasteiger partial charge in [0.1, 0.15) is 0 Å². The Morgan fingerprint density at radius 3 is 2.47 bits per heavy atom. The van der Waals surface area contributed by atoms with Gasteiger partial charge in [0.15, 0.2) is 11.6 Å². The Morgan fingerprint density at radius 1 is 1.05 bits per heavy atom. The molecule has 0 saturated carbocycles. The normalized spacial score (nSPS) is 10.2. The highest BCUT2D eigenvalue weighted by molar-refractivity contribution is 8.00. The summed E-state index contributed by atoms with van der Waals surface area (Å²) in [7, 11) is 0. The third-order valence-electron chi connectivity index (χ3n) is 2.32. The number of rotatable bonds is 4. The Morgan fingerprint density at radius 2 is 1.79 bits per heavy atom. The number of halogens is 2. The zero-order valence-corrected chi connectivity index (χ0v) is 10.7. The molecule has 0 aliphatic rings. The van der Waals surface area contributed by atoms with Crippen molar-refractivity contribution in [1.82, 2.24) is 0 Å². The molecule has 1 N–H and O–H groups in total. The highest BCUT2D eigenvalue weighted by Gasteiger charge is 2.06. The second-order valence-corrected chi connectivity index (χ2v) is 4.83. The Balaban J connectivity index is 1.88. The van der Waals surface area contributed by atoms with E-state index in [0.29, 0.717) is 10.6 Å². The lowest BCUT2D eigenvalue weighted by atomic mass is 10.3. The first-order valence-corrected chi connectivity index (χ1v) is 6.56. The molecule has 0 saturated heterocycles. The Hall–Kier alpha value is -1.88. The van der Waals surface area contributed by atoms with Crippen molar-refractivity contribution in [2.75, 3.05) is 11.1 Å². The summed E-state index contributed by atoms with van der Waals surface area (Å²) in [5.74, 6) is -1.85. The maximum Gasteiger partial charge on any atom is 0.234 e. The summed E-state index contributed by atoms with van der Waals surface area (Å²) in [5.41, 5.74) is 0.707. The fourth-order valence-electron chi connectivity index (χ4n) is 1.43. The second-order valence-electron chi connectivity index (χ2n) is 3.78. The van der Waals surface area contributed by atoms with E-state index in [0.717, 1.165) is 23.9 Å².